The predicted molar refractivity (Wildman–Crippen MR) is 108 cm³/mol. The van der Waals surface area contributed by atoms with E-state index in [4.69, 9.17) is 0 Å². The lowest BCUT2D eigenvalue weighted by Gasteiger charge is -2.05. The fourth-order valence-electron chi connectivity index (χ4n) is 3.16. The summed E-state index contributed by atoms with van der Waals surface area (Å²) >= 11 is 0. The van der Waals surface area contributed by atoms with Gasteiger partial charge in [0.2, 0.25) is 0 Å². The Morgan fingerprint density at radius 2 is 1.28 bits per heavy atom. The van der Waals surface area contributed by atoms with Crippen molar-refractivity contribution < 1.29 is 10.2 Å². The van der Waals surface area contributed by atoms with Gasteiger partial charge in [0, 0.05) is 0 Å². The molecule has 0 heterocycles. The fourth-order valence-corrected chi connectivity index (χ4v) is 3.16. The van der Waals surface area contributed by atoms with Gasteiger partial charge in [-0.3, -0.25) is 0 Å². The molecule has 0 aliphatic carbocycles. The van der Waals surface area contributed by atoms with Gasteiger partial charge in [-0.05, 0) is 62.3 Å². The van der Waals surface area contributed by atoms with Gasteiger partial charge in [-0.2, -0.15) is 0 Å². The molecule has 0 saturated heterocycles. The number of phenolic OH excluding ortho intramolecular Hbond substituents is 2. The van der Waals surface area contributed by atoms with Crippen LogP contribution in [0.15, 0.2) is 30.4 Å². The Morgan fingerprint density at radius 3 is 1.92 bits per heavy atom. The summed E-state index contributed by atoms with van der Waals surface area (Å²) < 4.78 is 0. The number of unbranched alkanes of at least 4 members (excludes halogenated alkanes) is 11. The number of aryl methyl sites for hydroxylation is 1. The molecule has 0 amide bonds. The summed E-state index contributed by atoms with van der Waals surface area (Å²) in [6.45, 7) is 2.26. The van der Waals surface area contributed by atoms with E-state index < -0.39 is 0 Å². The number of rotatable bonds is 15. The van der Waals surface area contributed by atoms with E-state index in [2.05, 4.69) is 19.1 Å². The van der Waals surface area contributed by atoms with Crippen LogP contribution in [0.5, 0.6) is 11.5 Å². The molecule has 142 valence electrons. The van der Waals surface area contributed by atoms with Crippen molar-refractivity contribution in [3.63, 3.8) is 0 Å². The van der Waals surface area contributed by atoms with E-state index in [0.717, 1.165) is 18.4 Å². The molecule has 25 heavy (non-hydrogen) atoms. The Morgan fingerprint density at radius 1 is 0.720 bits per heavy atom. The van der Waals surface area contributed by atoms with Crippen molar-refractivity contribution in [1.82, 2.24) is 0 Å². The molecule has 2 nitrogen and oxygen atoms in total. The van der Waals surface area contributed by atoms with Crippen molar-refractivity contribution in [3.8, 4) is 11.5 Å². The van der Waals surface area contributed by atoms with E-state index in [9.17, 15) is 10.2 Å². The maximum absolute atomic E-state index is 9.73. The average Bonchev–Trinajstić information content (AvgIpc) is 2.61. The summed E-state index contributed by atoms with van der Waals surface area (Å²) in [5, 5.41) is 19.2. The van der Waals surface area contributed by atoms with Gasteiger partial charge in [0.1, 0.15) is 11.5 Å². The highest BCUT2D eigenvalue weighted by molar-refractivity contribution is 5.38. The van der Waals surface area contributed by atoms with E-state index in [1.165, 1.54) is 83.1 Å². The van der Waals surface area contributed by atoms with Crippen molar-refractivity contribution in [2.24, 2.45) is 0 Å². The largest absolute Gasteiger partial charge is 0.508 e. The monoisotopic (exact) mass is 346 g/mol. The van der Waals surface area contributed by atoms with E-state index in [1.54, 1.807) is 12.1 Å². The van der Waals surface area contributed by atoms with Crippen molar-refractivity contribution in [2.45, 2.75) is 96.8 Å². The minimum Gasteiger partial charge on any atom is -0.508 e. The first-order chi connectivity index (χ1) is 12.2. The topological polar surface area (TPSA) is 40.5 Å². The van der Waals surface area contributed by atoms with Gasteiger partial charge in [-0.25, -0.2) is 0 Å². The fraction of sp³-hybridized carbons (Fsp3) is 0.652. The number of benzene rings is 1. The van der Waals surface area contributed by atoms with Gasteiger partial charge in [-0.15, -0.1) is 0 Å². The summed E-state index contributed by atoms with van der Waals surface area (Å²) in [4.78, 5) is 0. The molecule has 1 aromatic rings. The van der Waals surface area contributed by atoms with Gasteiger partial charge in [0.25, 0.3) is 0 Å². The zero-order valence-electron chi connectivity index (χ0n) is 16.2. The van der Waals surface area contributed by atoms with Crippen LogP contribution in [0.4, 0.5) is 0 Å². The lowest BCUT2D eigenvalue weighted by atomic mass is 10.0. The van der Waals surface area contributed by atoms with Crippen molar-refractivity contribution >= 4 is 0 Å². The lowest BCUT2D eigenvalue weighted by molar-refractivity contribution is 0.452. The first-order valence-electron chi connectivity index (χ1n) is 10.4. The van der Waals surface area contributed by atoms with Gasteiger partial charge in [0.05, 0.1) is 0 Å². The van der Waals surface area contributed by atoms with E-state index in [0.29, 0.717) is 5.75 Å². The molecule has 0 radical (unpaired) electrons. The first kappa shape index (κ1) is 21.6. The normalized spacial score (nSPS) is 11.4. The lowest BCUT2D eigenvalue weighted by Crippen LogP contribution is -1.87. The number of hydrogen-bond donors (Lipinski definition) is 2. The van der Waals surface area contributed by atoms with Crippen LogP contribution in [0.2, 0.25) is 0 Å². The maximum atomic E-state index is 9.73. The Kier molecular flexibility index (Phi) is 12.8. The molecule has 1 aromatic carbocycles. The summed E-state index contributed by atoms with van der Waals surface area (Å²) in [6.07, 6.45) is 22.4. The molecule has 0 spiro atoms. The van der Waals surface area contributed by atoms with Crippen LogP contribution in [-0.2, 0) is 6.42 Å². The van der Waals surface area contributed by atoms with Crippen LogP contribution >= 0.6 is 0 Å². The van der Waals surface area contributed by atoms with Crippen LogP contribution in [0.3, 0.4) is 0 Å². The van der Waals surface area contributed by atoms with Crippen LogP contribution in [-0.4, -0.2) is 10.2 Å². The van der Waals surface area contributed by atoms with Gasteiger partial charge in [-0.1, -0.05) is 70.4 Å². The molecular weight excluding hydrogens is 308 g/mol. The Bertz CT molecular complexity index is 465. The van der Waals surface area contributed by atoms with E-state index in [1.807, 2.05) is 0 Å². The predicted octanol–water partition coefficient (Wildman–Crippen LogP) is 7.29. The summed E-state index contributed by atoms with van der Waals surface area (Å²) in [6, 6.07) is 4.78. The molecule has 2 N–H and O–H groups in total. The van der Waals surface area contributed by atoms with Gasteiger partial charge in [0.15, 0.2) is 0 Å². The van der Waals surface area contributed by atoms with Crippen LogP contribution < -0.4 is 0 Å². The number of aromatic hydroxyl groups is 2. The third kappa shape index (κ3) is 11.7. The molecule has 1 rings (SSSR count). The Hall–Kier alpha value is -1.44. The molecule has 0 atom stereocenters. The quantitative estimate of drug-likeness (QED) is 0.199. The standard InChI is InChI=1S/C23H38O2/c1-2-3-4-5-6-7-8-9-10-11-12-13-14-15-16-17-21-20-22(24)18-19-23(21)25/h7-8,18-20,24-25H,2-6,9-17H2,1H3/b8-7-. The molecule has 0 aromatic heterocycles. The van der Waals surface area contributed by atoms with Crippen molar-refractivity contribution in [3.05, 3.63) is 35.9 Å². The van der Waals surface area contributed by atoms with Crippen LogP contribution in [0.1, 0.15) is 96.0 Å². The third-order valence-electron chi connectivity index (χ3n) is 4.77. The zero-order valence-corrected chi connectivity index (χ0v) is 16.2. The highest BCUT2D eigenvalue weighted by atomic mass is 16.3. The van der Waals surface area contributed by atoms with E-state index >= 15 is 0 Å². The molecular formula is C23H38O2. The minimum atomic E-state index is 0.239. The zero-order chi connectivity index (χ0) is 18.2. The second-order valence-corrected chi connectivity index (χ2v) is 7.15. The van der Waals surface area contributed by atoms with Gasteiger partial charge < -0.3 is 10.2 Å². The molecule has 0 fully saturated rings. The number of phenols is 2. The molecule has 0 saturated carbocycles. The second kappa shape index (κ2) is 14.9. The number of hydrogen-bond acceptors (Lipinski definition) is 2. The third-order valence-corrected chi connectivity index (χ3v) is 4.77. The van der Waals surface area contributed by atoms with E-state index in [-0.39, 0.29) is 5.75 Å². The molecule has 0 unspecified atom stereocenters. The average molecular weight is 347 g/mol. The smallest absolute Gasteiger partial charge is 0.119 e. The summed E-state index contributed by atoms with van der Waals surface area (Å²) in [5.74, 6) is 0.541. The summed E-state index contributed by atoms with van der Waals surface area (Å²) in [7, 11) is 0. The molecule has 2 heteroatoms. The Labute approximate surface area is 155 Å². The van der Waals surface area contributed by atoms with Crippen LogP contribution in [0.25, 0.3) is 0 Å². The SMILES string of the molecule is CCCCCC/C=C\CCCCCCCCCc1cc(O)ccc1O. The van der Waals surface area contributed by atoms with Crippen LogP contribution in [0, 0.1) is 0 Å². The van der Waals surface area contributed by atoms with Crippen molar-refractivity contribution in [1.29, 1.82) is 0 Å². The molecule has 0 aliphatic rings. The number of allylic oxidation sites excluding steroid dienone is 2. The summed E-state index contributed by atoms with van der Waals surface area (Å²) in [5.41, 5.74) is 0.862. The maximum Gasteiger partial charge on any atom is 0.119 e. The first-order valence-corrected chi connectivity index (χ1v) is 10.4. The highest BCUT2D eigenvalue weighted by Crippen LogP contribution is 2.24. The second-order valence-electron chi connectivity index (χ2n) is 7.15. The highest BCUT2D eigenvalue weighted by Gasteiger charge is 2.02. The van der Waals surface area contributed by atoms with Gasteiger partial charge >= 0.3 is 0 Å². The Balaban J connectivity index is 1.87. The van der Waals surface area contributed by atoms with Crippen molar-refractivity contribution in [2.75, 3.05) is 0 Å². The minimum absolute atomic E-state index is 0.239. The molecule has 0 bridgehead atoms. The molecule has 0 aliphatic heterocycles.